The number of aliphatic hydroxyl groups excluding tert-OH is 1. The first-order valence-corrected chi connectivity index (χ1v) is 6.09. The monoisotopic (exact) mass is 232 g/mol. The van der Waals surface area contributed by atoms with E-state index in [4.69, 9.17) is 5.73 Å². The highest BCUT2D eigenvalue weighted by Gasteiger charge is 2.14. The van der Waals surface area contributed by atoms with Gasteiger partial charge < -0.3 is 15.4 Å². The van der Waals surface area contributed by atoms with Gasteiger partial charge in [0.2, 0.25) is 0 Å². The summed E-state index contributed by atoms with van der Waals surface area (Å²) in [6.07, 6.45) is 1.45. The van der Waals surface area contributed by atoms with Gasteiger partial charge in [-0.05, 0) is 12.0 Å². The molecule has 0 saturated heterocycles. The Balaban J connectivity index is 2.54. The third-order valence-electron chi connectivity index (χ3n) is 2.96. The van der Waals surface area contributed by atoms with Crippen LogP contribution in [0.15, 0.2) is 30.5 Å². The lowest BCUT2D eigenvalue weighted by atomic mass is 10.1. The van der Waals surface area contributed by atoms with Crippen molar-refractivity contribution in [2.75, 3.05) is 6.54 Å². The molecule has 2 rings (SSSR count). The first kappa shape index (κ1) is 12.1. The maximum Gasteiger partial charge on any atom is 0.0932 e. The molecule has 1 atom stereocenters. The van der Waals surface area contributed by atoms with Gasteiger partial charge in [0, 0.05) is 35.8 Å². The predicted molar refractivity (Wildman–Crippen MR) is 70.8 cm³/mol. The molecule has 0 aliphatic carbocycles. The third kappa shape index (κ3) is 2.35. The van der Waals surface area contributed by atoms with Gasteiger partial charge in [-0.1, -0.05) is 32.0 Å². The van der Waals surface area contributed by atoms with E-state index in [2.05, 4.69) is 24.5 Å². The van der Waals surface area contributed by atoms with E-state index >= 15 is 0 Å². The minimum Gasteiger partial charge on any atom is -0.387 e. The minimum absolute atomic E-state index is 0.260. The molecule has 0 aliphatic heterocycles. The number of rotatable bonds is 4. The lowest BCUT2D eigenvalue weighted by molar-refractivity contribution is 0.188. The van der Waals surface area contributed by atoms with Crippen LogP contribution in [-0.4, -0.2) is 16.2 Å². The number of aliphatic hydroxyl groups is 1. The zero-order valence-electron chi connectivity index (χ0n) is 10.4. The summed E-state index contributed by atoms with van der Waals surface area (Å²) in [7, 11) is 0. The molecule has 0 fully saturated rings. The highest BCUT2D eigenvalue weighted by Crippen LogP contribution is 2.26. The number of hydrogen-bond acceptors (Lipinski definition) is 2. The summed E-state index contributed by atoms with van der Waals surface area (Å²) in [6.45, 7) is 5.59. The van der Waals surface area contributed by atoms with Crippen molar-refractivity contribution in [3.63, 3.8) is 0 Å². The SMILES string of the molecule is CC(C)Cn1cc([C@@H](O)CN)c2ccccc21. The number of nitrogens with two attached hydrogens (primary N) is 1. The highest BCUT2D eigenvalue weighted by atomic mass is 16.3. The van der Waals surface area contributed by atoms with E-state index in [1.165, 1.54) is 5.52 Å². The molecule has 0 unspecified atom stereocenters. The molecule has 1 aromatic heterocycles. The summed E-state index contributed by atoms with van der Waals surface area (Å²) < 4.78 is 2.20. The van der Waals surface area contributed by atoms with Gasteiger partial charge in [-0.15, -0.1) is 0 Å². The standard InChI is InChI=1S/C14H20N2O/c1-10(2)8-16-9-12(14(17)7-15)11-5-3-4-6-13(11)16/h3-6,9-10,14,17H,7-8,15H2,1-2H3/t14-/m0/s1. The van der Waals surface area contributed by atoms with Gasteiger partial charge in [0.25, 0.3) is 0 Å². The second-order valence-electron chi connectivity index (χ2n) is 4.90. The van der Waals surface area contributed by atoms with Crippen LogP contribution in [-0.2, 0) is 6.54 Å². The molecule has 3 N–H and O–H groups in total. The smallest absolute Gasteiger partial charge is 0.0932 e. The lowest BCUT2D eigenvalue weighted by Crippen LogP contribution is -2.11. The first-order chi connectivity index (χ1) is 8.13. The maximum atomic E-state index is 9.94. The van der Waals surface area contributed by atoms with Crippen LogP contribution in [0.1, 0.15) is 25.5 Å². The van der Waals surface area contributed by atoms with E-state index in [1.807, 2.05) is 24.4 Å². The number of para-hydroxylation sites is 1. The van der Waals surface area contributed by atoms with Gasteiger partial charge in [-0.3, -0.25) is 0 Å². The second-order valence-corrected chi connectivity index (χ2v) is 4.90. The van der Waals surface area contributed by atoms with Gasteiger partial charge in [-0.2, -0.15) is 0 Å². The average Bonchev–Trinajstić information content (AvgIpc) is 2.67. The van der Waals surface area contributed by atoms with Crippen LogP contribution in [0, 0.1) is 5.92 Å². The van der Waals surface area contributed by atoms with E-state index < -0.39 is 6.10 Å². The molecule has 0 bridgehead atoms. The molecule has 0 aliphatic rings. The van der Waals surface area contributed by atoms with E-state index in [-0.39, 0.29) is 6.54 Å². The van der Waals surface area contributed by atoms with Gasteiger partial charge in [0.1, 0.15) is 0 Å². The highest BCUT2D eigenvalue weighted by molar-refractivity contribution is 5.84. The molecule has 0 amide bonds. The summed E-state index contributed by atoms with van der Waals surface area (Å²) in [5.74, 6) is 0.577. The zero-order valence-corrected chi connectivity index (χ0v) is 10.4. The molecule has 92 valence electrons. The molecule has 3 heteroatoms. The Hall–Kier alpha value is -1.32. The van der Waals surface area contributed by atoms with Crippen LogP contribution in [0.4, 0.5) is 0 Å². The van der Waals surface area contributed by atoms with Crippen molar-refractivity contribution >= 4 is 10.9 Å². The molecule has 1 aromatic carbocycles. The summed E-state index contributed by atoms with van der Waals surface area (Å²) in [4.78, 5) is 0. The molecule has 3 nitrogen and oxygen atoms in total. The van der Waals surface area contributed by atoms with Crippen molar-refractivity contribution in [3.05, 3.63) is 36.0 Å². The Morgan fingerprint density at radius 1 is 1.29 bits per heavy atom. The van der Waals surface area contributed by atoms with Crippen molar-refractivity contribution < 1.29 is 5.11 Å². The Kier molecular flexibility index (Phi) is 3.50. The number of fused-ring (bicyclic) bond motifs is 1. The van der Waals surface area contributed by atoms with Crippen LogP contribution < -0.4 is 5.73 Å². The molecular formula is C14H20N2O. The van der Waals surface area contributed by atoms with Crippen LogP contribution >= 0.6 is 0 Å². The van der Waals surface area contributed by atoms with Crippen molar-refractivity contribution in [3.8, 4) is 0 Å². The summed E-state index contributed by atoms with van der Waals surface area (Å²) in [6, 6.07) is 8.15. The quantitative estimate of drug-likeness (QED) is 0.849. The van der Waals surface area contributed by atoms with E-state index in [0.29, 0.717) is 5.92 Å². The maximum absolute atomic E-state index is 9.94. The van der Waals surface area contributed by atoms with Gasteiger partial charge in [0.15, 0.2) is 0 Å². The first-order valence-electron chi connectivity index (χ1n) is 6.09. The molecule has 0 spiro atoms. The molecular weight excluding hydrogens is 212 g/mol. The molecule has 0 saturated carbocycles. The van der Waals surface area contributed by atoms with Gasteiger partial charge in [0.05, 0.1) is 6.10 Å². The summed E-state index contributed by atoms with van der Waals surface area (Å²) >= 11 is 0. The molecule has 1 heterocycles. The van der Waals surface area contributed by atoms with Crippen LogP contribution in [0.3, 0.4) is 0 Å². The van der Waals surface area contributed by atoms with E-state index in [0.717, 1.165) is 17.5 Å². The summed E-state index contributed by atoms with van der Waals surface area (Å²) in [5.41, 5.74) is 7.65. The Labute approximate surface area is 102 Å². The fourth-order valence-corrected chi connectivity index (χ4v) is 2.21. The van der Waals surface area contributed by atoms with Crippen molar-refractivity contribution in [2.24, 2.45) is 11.7 Å². The van der Waals surface area contributed by atoms with Crippen molar-refractivity contribution in [2.45, 2.75) is 26.5 Å². The Morgan fingerprint density at radius 3 is 2.65 bits per heavy atom. The van der Waals surface area contributed by atoms with Gasteiger partial charge >= 0.3 is 0 Å². The van der Waals surface area contributed by atoms with Crippen LogP contribution in [0.2, 0.25) is 0 Å². The Bertz CT molecular complexity index is 502. The number of nitrogens with zero attached hydrogens (tertiary/aromatic N) is 1. The lowest BCUT2D eigenvalue weighted by Gasteiger charge is -2.07. The largest absolute Gasteiger partial charge is 0.387 e. The van der Waals surface area contributed by atoms with Crippen LogP contribution in [0.5, 0.6) is 0 Å². The van der Waals surface area contributed by atoms with E-state index in [9.17, 15) is 5.11 Å². The minimum atomic E-state index is -0.576. The summed E-state index contributed by atoms with van der Waals surface area (Å²) in [5, 5.41) is 11.0. The molecule has 0 radical (unpaired) electrons. The Morgan fingerprint density at radius 2 is 2.00 bits per heavy atom. The van der Waals surface area contributed by atoms with E-state index in [1.54, 1.807) is 0 Å². The van der Waals surface area contributed by atoms with Crippen LogP contribution in [0.25, 0.3) is 10.9 Å². The van der Waals surface area contributed by atoms with Gasteiger partial charge in [-0.25, -0.2) is 0 Å². The number of aromatic nitrogens is 1. The fraction of sp³-hybridized carbons (Fsp3) is 0.429. The van der Waals surface area contributed by atoms with Crippen molar-refractivity contribution in [1.29, 1.82) is 0 Å². The fourth-order valence-electron chi connectivity index (χ4n) is 2.21. The molecule has 2 aromatic rings. The zero-order chi connectivity index (χ0) is 12.4. The molecule has 17 heavy (non-hydrogen) atoms. The third-order valence-corrected chi connectivity index (χ3v) is 2.96. The predicted octanol–water partition coefficient (Wildman–Crippen LogP) is 2.29. The normalized spacial score (nSPS) is 13.5. The van der Waals surface area contributed by atoms with Crippen molar-refractivity contribution in [1.82, 2.24) is 4.57 Å². The second kappa shape index (κ2) is 4.90. The average molecular weight is 232 g/mol. The number of benzene rings is 1. The topological polar surface area (TPSA) is 51.2 Å². The number of hydrogen-bond donors (Lipinski definition) is 2.